The molecule has 0 aliphatic carbocycles. The van der Waals surface area contributed by atoms with Gasteiger partial charge in [-0.25, -0.2) is 4.79 Å². The SMILES string of the molecule is O=C(Oc1ccc(-c2ccc(I)cc2)cc1)c1ccc(N2C(=O)CCC2=O)cc1. The van der Waals surface area contributed by atoms with Gasteiger partial charge in [-0.1, -0.05) is 24.3 Å². The summed E-state index contributed by atoms with van der Waals surface area (Å²) in [4.78, 5) is 37.2. The Morgan fingerprint density at radius 1 is 0.759 bits per heavy atom. The summed E-state index contributed by atoms with van der Waals surface area (Å²) in [6.07, 6.45) is 0.446. The van der Waals surface area contributed by atoms with E-state index in [0.29, 0.717) is 17.0 Å². The van der Waals surface area contributed by atoms with Gasteiger partial charge in [-0.15, -0.1) is 0 Å². The van der Waals surface area contributed by atoms with Gasteiger partial charge in [0.25, 0.3) is 0 Å². The summed E-state index contributed by atoms with van der Waals surface area (Å²) in [6, 6.07) is 21.7. The maximum atomic E-state index is 12.4. The minimum absolute atomic E-state index is 0.223. The van der Waals surface area contributed by atoms with Gasteiger partial charge in [0.2, 0.25) is 11.8 Å². The average Bonchev–Trinajstić information content (AvgIpc) is 3.07. The highest BCUT2D eigenvalue weighted by atomic mass is 127. The zero-order valence-corrected chi connectivity index (χ0v) is 17.5. The van der Waals surface area contributed by atoms with Crippen molar-refractivity contribution in [1.29, 1.82) is 0 Å². The number of benzene rings is 3. The van der Waals surface area contributed by atoms with Gasteiger partial charge in [-0.05, 0) is 82.2 Å². The molecule has 0 radical (unpaired) electrons. The van der Waals surface area contributed by atoms with E-state index in [2.05, 4.69) is 22.6 Å². The number of esters is 1. The smallest absolute Gasteiger partial charge is 0.343 e. The number of imide groups is 1. The summed E-state index contributed by atoms with van der Waals surface area (Å²) in [5.41, 5.74) is 2.93. The number of amides is 2. The first-order chi connectivity index (χ1) is 14.0. The number of anilines is 1. The van der Waals surface area contributed by atoms with Crippen LogP contribution < -0.4 is 9.64 Å². The Balaban J connectivity index is 1.44. The third-order valence-corrected chi connectivity index (χ3v) is 5.37. The molecule has 1 aliphatic heterocycles. The summed E-state index contributed by atoms with van der Waals surface area (Å²) in [6.45, 7) is 0. The third kappa shape index (κ3) is 4.22. The predicted molar refractivity (Wildman–Crippen MR) is 118 cm³/mol. The van der Waals surface area contributed by atoms with Crippen LogP contribution in [0, 0.1) is 3.57 Å². The van der Waals surface area contributed by atoms with E-state index >= 15 is 0 Å². The number of carbonyl (C=O) groups is 3. The quantitative estimate of drug-likeness (QED) is 0.224. The van der Waals surface area contributed by atoms with Crippen molar-refractivity contribution in [2.45, 2.75) is 12.8 Å². The normalized spacial score (nSPS) is 13.6. The van der Waals surface area contributed by atoms with Crippen LogP contribution in [0.4, 0.5) is 5.69 Å². The van der Waals surface area contributed by atoms with Gasteiger partial charge in [0.15, 0.2) is 0 Å². The van der Waals surface area contributed by atoms with E-state index in [0.717, 1.165) is 16.0 Å². The lowest BCUT2D eigenvalue weighted by atomic mass is 10.1. The van der Waals surface area contributed by atoms with E-state index in [-0.39, 0.29) is 24.7 Å². The minimum Gasteiger partial charge on any atom is -0.423 e. The maximum Gasteiger partial charge on any atom is 0.343 e. The molecule has 0 atom stereocenters. The van der Waals surface area contributed by atoms with Crippen LogP contribution >= 0.6 is 22.6 Å². The number of nitrogens with zero attached hydrogens (tertiary/aromatic N) is 1. The molecule has 144 valence electrons. The van der Waals surface area contributed by atoms with E-state index < -0.39 is 5.97 Å². The summed E-state index contributed by atoms with van der Waals surface area (Å²) >= 11 is 2.26. The van der Waals surface area contributed by atoms with Gasteiger partial charge in [0.1, 0.15) is 5.75 Å². The second-order valence-corrected chi connectivity index (χ2v) is 7.84. The highest BCUT2D eigenvalue weighted by Crippen LogP contribution is 2.25. The Hall–Kier alpha value is -3.00. The number of rotatable bonds is 4. The fraction of sp³-hybridized carbons (Fsp3) is 0.0870. The van der Waals surface area contributed by atoms with Crippen LogP contribution in [-0.4, -0.2) is 17.8 Å². The van der Waals surface area contributed by atoms with E-state index in [4.69, 9.17) is 4.74 Å². The number of halogens is 1. The second kappa shape index (κ2) is 8.16. The lowest BCUT2D eigenvalue weighted by molar-refractivity contribution is -0.121. The number of carbonyl (C=O) groups excluding carboxylic acids is 3. The van der Waals surface area contributed by atoms with Crippen molar-refractivity contribution in [3.05, 3.63) is 81.9 Å². The lowest BCUT2D eigenvalue weighted by Gasteiger charge is -2.14. The molecule has 0 saturated carbocycles. The van der Waals surface area contributed by atoms with E-state index in [1.807, 2.05) is 36.4 Å². The standard InChI is InChI=1S/C23H16INO4/c24-18-7-1-15(2-8-18)16-5-11-20(12-6-16)29-23(28)17-3-9-19(10-4-17)25-21(26)13-14-22(25)27/h1-12H,13-14H2. The highest BCUT2D eigenvalue weighted by molar-refractivity contribution is 14.1. The molecule has 4 rings (SSSR count). The first-order valence-electron chi connectivity index (χ1n) is 9.05. The van der Waals surface area contributed by atoms with Gasteiger partial charge in [0, 0.05) is 16.4 Å². The van der Waals surface area contributed by atoms with Gasteiger partial charge in [0.05, 0.1) is 11.3 Å². The number of ether oxygens (including phenoxy) is 1. The molecule has 3 aromatic carbocycles. The summed E-state index contributed by atoms with van der Waals surface area (Å²) in [5, 5.41) is 0. The molecule has 2 amide bonds. The predicted octanol–water partition coefficient (Wildman–Crippen LogP) is 4.83. The fourth-order valence-corrected chi connectivity index (χ4v) is 3.49. The zero-order chi connectivity index (χ0) is 20.4. The molecule has 0 unspecified atom stereocenters. The zero-order valence-electron chi connectivity index (χ0n) is 15.3. The van der Waals surface area contributed by atoms with E-state index in [9.17, 15) is 14.4 Å². The van der Waals surface area contributed by atoms with Gasteiger partial charge >= 0.3 is 5.97 Å². The van der Waals surface area contributed by atoms with Crippen LogP contribution in [-0.2, 0) is 9.59 Å². The monoisotopic (exact) mass is 497 g/mol. The van der Waals surface area contributed by atoms with Crippen LogP contribution in [0.2, 0.25) is 0 Å². The minimum atomic E-state index is -0.502. The van der Waals surface area contributed by atoms with Crippen molar-refractivity contribution >= 4 is 46.1 Å². The number of hydrogen-bond donors (Lipinski definition) is 0. The lowest BCUT2D eigenvalue weighted by Crippen LogP contribution is -2.28. The van der Waals surface area contributed by atoms with Crippen LogP contribution in [0.5, 0.6) is 5.75 Å². The van der Waals surface area contributed by atoms with Crippen LogP contribution in [0.25, 0.3) is 11.1 Å². The fourth-order valence-electron chi connectivity index (χ4n) is 3.13. The van der Waals surface area contributed by atoms with Crippen molar-refractivity contribution in [1.82, 2.24) is 0 Å². The molecule has 0 bridgehead atoms. The Morgan fingerprint density at radius 2 is 1.28 bits per heavy atom. The molecule has 29 heavy (non-hydrogen) atoms. The summed E-state index contributed by atoms with van der Waals surface area (Å²) in [7, 11) is 0. The van der Waals surface area contributed by atoms with Crippen LogP contribution in [0.1, 0.15) is 23.2 Å². The van der Waals surface area contributed by atoms with Crippen molar-refractivity contribution in [3.8, 4) is 16.9 Å². The summed E-state index contributed by atoms with van der Waals surface area (Å²) < 4.78 is 6.60. The molecule has 1 aliphatic rings. The van der Waals surface area contributed by atoms with E-state index in [1.54, 1.807) is 36.4 Å². The van der Waals surface area contributed by atoms with Crippen molar-refractivity contribution in [3.63, 3.8) is 0 Å². The highest BCUT2D eigenvalue weighted by Gasteiger charge is 2.30. The molecule has 6 heteroatoms. The third-order valence-electron chi connectivity index (χ3n) is 4.66. The summed E-state index contributed by atoms with van der Waals surface area (Å²) in [5.74, 6) is -0.507. The Bertz CT molecular complexity index is 1060. The van der Waals surface area contributed by atoms with Gasteiger partial charge in [-0.3, -0.25) is 14.5 Å². The first-order valence-corrected chi connectivity index (χ1v) is 10.1. The molecule has 5 nitrogen and oxygen atoms in total. The van der Waals surface area contributed by atoms with Crippen LogP contribution in [0.3, 0.4) is 0 Å². The number of hydrogen-bond acceptors (Lipinski definition) is 4. The Morgan fingerprint density at radius 3 is 1.83 bits per heavy atom. The van der Waals surface area contributed by atoms with Crippen molar-refractivity contribution < 1.29 is 19.1 Å². The first kappa shape index (κ1) is 19.3. The molecule has 1 fully saturated rings. The molecule has 0 aromatic heterocycles. The molecule has 1 heterocycles. The van der Waals surface area contributed by atoms with Gasteiger partial charge in [-0.2, -0.15) is 0 Å². The molecular weight excluding hydrogens is 481 g/mol. The largest absolute Gasteiger partial charge is 0.423 e. The molecular formula is C23H16INO4. The topological polar surface area (TPSA) is 63.7 Å². The van der Waals surface area contributed by atoms with E-state index in [1.165, 1.54) is 3.57 Å². The average molecular weight is 497 g/mol. The Kier molecular flexibility index (Phi) is 5.44. The van der Waals surface area contributed by atoms with Crippen molar-refractivity contribution in [2.75, 3.05) is 4.90 Å². The molecule has 1 saturated heterocycles. The van der Waals surface area contributed by atoms with Crippen molar-refractivity contribution in [2.24, 2.45) is 0 Å². The molecule has 0 spiro atoms. The second-order valence-electron chi connectivity index (χ2n) is 6.59. The maximum absolute atomic E-state index is 12.4. The Labute approximate surface area is 181 Å². The molecule has 3 aromatic rings. The van der Waals surface area contributed by atoms with Gasteiger partial charge < -0.3 is 4.74 Å². The molecule has 0 N–H and O–H groups in total. The van der Waals surface area contributed by atoms with Crippen LogP contribution in [0.15, 0.2) is 72.8 Å².